The van der Waals surface area contributed by atoms with Crippen LogP contribution in [0.2, 0.25) is 0 Å². The molecule has 1 aromatic heterocycles. The van der Waals surface area contributed by atoms with E-state index in [4.69, 9.17) is 4.74 Å². The highest BCUT2D eigenvalue weighted by molar-refractivity contribution is 5.75. The molecule has 0 aromatic carbocycles. The molecule has 8 nitrogen and oxygen atoms in total. The summed E-state index contributed by atoms with van der Waals surface area (Å²) in [4.78, 5) is 21.9. The molecule has 0 amide bonds. The van der Waals surface area contributed by atoms with Gasteiger partial charge in [-0.05, 0) is 20.8 Å². The van der Waals surface area contributed by atoms with Crippen molar-refractivity contribution in [1.29, 1.82) is 0 Å². The monoisotopic (exact) mass is 282 g/mol. The fourth-order valence-electron chi connectivity index (χ4n) is 1.90. The Labute approximate surface area is 116 Å². The highest BCUT2D eigenvalue weighted by Crippen LogP contribution is 2.24. The first-order chi connectivity index (χ1) is 9.27. The summed E-state index contributed by atoms with van der Waals surface area (Å²) in [5.41, 5.74) is -0.593. The van der Waals surface area contributed by atoms with Crippen molar-refractivity contribution in [2.24, 2.45) is 5.41 Å². The van der Waals surface area contributed by atoms with Crippen molar-refractivity contribution in [2.45, 2.75) is 39.5 Å². The summed E-state index contributed by atoms with van der Waals surface area (Å²) in [6, 6.07) is -0.0542. The summed E-state index contributed by atoms with van der Waals surface area (Å²) in [6.07, 6.45) is 2.77. The standard InChI is InChI=1S/C12H18N4O4/c1-12(2,3)11(17)20-10-4-8(5-13-10)15-7-9(6-14-15)16(18)19/h6-8,10,13H,4-5H2,1-3H3. The zero-order valence-electron chi connectivity index (χ0n) is 11.7. The van der Waals surface area contributed by atoms with Crippen LogP contribution >= 0.6 is 0 Å². The third-order valence-electron chi connectivity index (χ3n) is 3.10. The van der Waals surface area contributed by atoms with Gasteiger partial charge in [-0.1, -0.05) is 0 Å². The van der Waals surface area contributed by atoms with Crippen LogP contribution in [0.4, 0.5) is 5.69 Å². The van der Waals surface area contributed by atoms with Crippen molar-refractivity contribution >= 4 is 11.7 Å². The smallest absolute Gasteiger partial charge is 0.312 e. The second-order valence-electron chi connectivity index (χ2n) is 5.88. The molecule has 110 valence electrons. The first-order valence-corrected chi connectivity index (χ1v) is 6.40. The number of nitrogens with zero attached hydrogens (tertiary/aromatic N) is 3. The van der Waals surface area contributed by atoms with E-state index in [9.17, 15) is 14.9 Å². The average Bonchev–Trinajstić information content (AvgIpc) is 2.94. The van der Waals surface area contributed by atoms with E-state index in [1.807, 2.05) is 0 Å². The largest absolute Gasteiger partial charge is 0.446 e. The molecule has 2 atom stereocenters. The molecule has 1 saturated heterocycles. The SMILES string of the molecule is CC(C)(C)C(=O)OC1CC(n2cc([N+](=O)[O-])cn2)CN1. The third-order valence-corrected chi connectivity index (χ3v) is 3.10. The maximum atomic E-state index is 11.8. The maximum absolute atomic E-state index is 11.8. The van der Waals surface area contributed by atoms with Crippen molar-refractivity contribution in [3.8, 4) is 0 Å². The van der Waals surface area contributed by atoms with Crippen molar-refractivity contribution in [3.63, 3.8) is 0 Å². The average molecular weight is 282 g/mol. The molecule has 0 saturated carbocycles. The van der Waals surface area contributed by atoms with E-state index in [1.54, 1.807) is 20.8 Å². The van der Waals surface area contributed by atoms with E-state index in [1.165, 1.54) is 17.1 Å². The number of hydrogen-bond donors (Lipinski definition) is 1. The molecule has 2 rings (SSSR count). The summed E-state index contributed by atoms with van der Waals surface area (Å²) >= 11 is 0. The van der Waals surface area contributed by atoms with Crippen LogP contribution in [0, 0.1) is 15.5 Å². The lowest BCUT2D eigenvalue weighted by atomic mass is 9.97. The maximum Gasteiger partial charge on any atom is 0.312 e. The highest BCUT2D eigenvalue weighted by Gasteiger charge is 2.32. The number of nitro groups is 1. The minimum atomic E-state index is -0.551. The van der Waals surface area contributed by atoms with Gasteiger partial charge in [-0.2, -0.15) is 5.10 Å². The molecule has 2 heterocycles. The summed E-state index contributed by atoms with van der Waals surface area (Å²) in [5.74, 6) is -0.276. The molecular weight excluding hydrogens is 264 g/mol. The zero-order chi connectivity index (χ0) is 14.9. The first kappa shape index (κ1) is 14.4. The summed E-state index contributed by atoms with van der Waals surface area (Å²) in [6.45, 7) is 5.93. The quantitative estimate of drug-likeness (QED) is 0.508. The first-order valence-electron chi connectivity index (χ1n) is 6.40. The molecule has 1 N–H and O–H groups in total. The van der Waals surface area contributed by atoms with Crippen LogP contribution < -0.4 is 5.32 Å². The molecule has 8 heteroatoms. The van der Waals surface area contributed by atoms with Crippen LogP contribution in [0.5, 0.6) is 0 Å². The van der Waals surface area contributed by atoms with Gasteiger partial charge in [0.25, 0.3) is 0 Å². The second-order valence-corrected chi connectivity index (χ2v) is 5.88. The molecule has 1 fully saturated rings. The Bertz CT molecular complexity index is 520. The van der Waals surface area contributed by atoms with Gasteiger partial charge in [0, 0.05) is 13.0 Å². The van der Waals surface area contributed by atoms with Crippen molar-refractivity contribution in [3.05, 3.63) is 22.5 Å². The minimum Gasteiger partial charge on any atom is -0.446 e. The summed E-state index contributed by atoms with van der Waals surface area (Å²) in [7, 11) is 0. The van der Waals surface area contributed by atoms with Gasteiger partial charge in [0.05, 0.1) is 16.4 Å². The van der Waals surface area contributed by atoms with Crippen LogP contribution in [0.1, 0.15) is 33.2 Å². The van der Waals surface area contributed by atoms with E-state index in [0.717, 1.165) is 0 Å². The van der Waals surface area contributed by atoms with Gasteiger partial charge in [-0.15, -0.1) is 0 Å². The van der Waals surface area contributed by atoms with Gasteiger partial charge in [-0.3, -0.25) is 24.9 Å². The van der Waals surface area contributed by atoms with Gasteiger partial charge in [0.15, 0.2) is 6.23 Å². The number of carbonyl (C=O) groups excluding carboxylic acids is 1. The van der Waals surface area contributed by atoms with Crippen LogP contribution in [0.25, 0.3) is 0 Å². The Morgan fingerprint density at radius 1 is 1.60 bits per heavy atom. The number of nitrogens with one attached hydrogen (secondary N) is 1. The van der Waals surface area contributed by atoms with Crippen molar-refractivity contribution in [2.75, 3.05) is 6.54 Å². The van der Waals surface area contributed by atoms with Gasteiger partial charge in [-0.25, -0.2) is 0 Å². The summed E-state index contributed by atoms with van der Waals surface area (Å²) < 4.78 is 6.89. The van der Waals surface area contributed by atoms with Gasteiger partial charge >= 0.3 is 11.7 Å². The minimum absolute atomic E-state index is 0.0415. The van der Waals surface area contributed by atoms with Crippen molar-refractivity contribution < 1.29 is 14.5 Å². The fourth-order valence-corrected chi connectivity index (χ4v) is 1.90. The third kappa shape index (κ3) is 3.13. The van der Waals surface area contributed by atoms with Crippen LogP contribution in [-0.2, 0) is 9.53 Å². The number of carbonyl (C=O) groups is 1. The van der Waals surface area contributed by atoms with E-state index < -0.39 is 10.3 Å². The van der Waals surface area contributed by atoms with Crippen LogP contribution in [-0.4, -0.2) is 33.4 Å². The molecule has 2 unspecified atom stereocenters. The second kappa shape index (κ2) is 5.20. The molecule has 0 radical (unpaired) electrons. The van der Waals surface area contributed by atoms with E-state index >= 15 is 0 Å². The van der Waals surface area contributed by atoms with E-state index in [0.29, 0.717) is 13.0 Å². The zero-order valence-corrected chi connectivity index (χ0v) is 11.7. The lowest BCUT2D eigenvalue weighted by molar-refractivity contribution is -0.385. The number of hydrogen-bond acceptors (Lipinski definition) is 6. The molecule has 0 aliphatic carbocycles. The molecule has 1 aliphatic heterocycles. The van der Waals surface area contributed by atoms with Gasteiger partial charge in [0.2, 0.25) is 0 Å². The molecule has 1 aliphatic rings. The Morgan fingerprint density at radius 2 is 2.30 bits per heavy atom. The molecule has 0 bridgehead atoms. The number of ether oxygens (including phenoxy) is 1. The van der Waals surface area contributed by atoms with Gasteiger partial charge < -0.3 is 4.74 Å². The van der Waals surface area contributed by atoms with E-state index in [-0.39, 0.29) is 23.9 Å². The normalized spacial score (nSPS) is 22.8. The molecular formula is C12H18N4O4. The predicted molar refractivity (Wildman–Crippen MR) is 69.9 cm³/mol. The van der Waals surface area contributed by atoms with Crippen LogP contribution in [0.15, 0.2) is 12.4 Å². The van der Waals surface area contributed by atoms with E-state index in [2.05, 4.69) is 10.4 Å². The topological polar surface area (TPSA) is 99.3 Å². The Kier molecular flexibility index (Phi) is 3.76. The molecule has 1 aromatic rings. The molecule has 0 spiro atoms. The lowest BCUT2D eigenvalue weighted by Gasteiger charge is -2.20. The highest BCUT2D eigenvalue weighted by atomic mass is 16.6. The number of rotatable bonds is 3. The summed E-state index contributed by atoms with van der Waals surface area (Å²) in [5, 5.41) is 17.7. The molecule has 20 heavy (non-hydrogen) atoms. The number of esters is 1. The number of aromatic nitrogens is 2. The van der Waals surface area contributed by atoms with Crippen molar-refractivity contribution in [1.82, 2.24) is 15.1 Å². The fraction of sp³-hybridized carbons (Fsp3) is 0.667. The van der Waals surface area contributed by atoms with Crippen LogP contribution in [0.3, 0.4) is 0 Å². The Morgan fingerprint density at radius 3 is 2.85 bits per heavy atom. The predicted octanol–water partition coefficient (Wildman–Crippen LogP) is 1.24. The Balaban J connectivity index is 1.95. The Hall–Kier alpha value is -1.96. The lowest BCUT2D eigenvalue weighted by Crippen LogP contribution is -2.33. The van der Waals surface area contributed by atoms with Gasteiger partial charge in [0.1, 0.15) is 12.4 Å².